The molecular formula is C7H7N3O2. The van der Waals surface area contributed by atoms with Gasteiger partial charge in [0.2, 0.25) is 0 Å². The zero-order valence-electron chi connectivity index (χ0n) is 6.19. The van der Waals surface area contributed by atoms with Crippen molar-refractivity contribution in [2.45, 2.75) is 6.54 Å². The van der Waals surface area contributed by atoms with Gasteiger partial charge in [-0.2, -0.15) is 5.10 Å². The molecule has 1 aliphatic rings. The van der Waals surface area contributed by atoms with Crippen molar-refractivity contribution in [3.8, 4) is 0 Å². The Balaban J connectivity index is 2.29. The highest BCUT2D eigenvalue weighted by Gasteiger charge is 2.14. The van der Waals surface area contributed by atoms with Gasteiger partial charge < -0.3 is 10.4 Å². The third kappa shape index (κ3) is 0.952. The quantitative estimate of drug-likeness (QED) is 0.627. The molecule has 0 spiro atoms. The first-order valence-electron chi connectivity index (χ1n) is 3.48. The van der Waals surface area contributed by atoms with Crippen LogP contribution in [0.4, 0.5) is 5.82 Å². The van der Waals surface area contributed by atoms with Gasteiger partial charge in [0.1, 0.15) is 5.82 Å². The normalized spacial score (nSPS) is 14.5. The number of carboxylic acids is 1. The van der Waals surface area contributed by atoms with E-state index >= 15 is 0 Å². The summed E-state index contributed by atoms with van der Waals surface area (Å²) in [6.45, 7) is 0.324. The molecule has 5 heteroatoms. The first kappa shape index (κ1) is 6.90. The molecular weight excluding hydrogens is 158 g/mol. The van der Waals surface area contributed by atoms with Crippen LogP contribution in [0.3, 0.4) is 0 Å². The van der Waals surface area contributed by atoms with Gasteiger partial charge in [-0.1, -0.05) is 0 Å². The van der Waals surface area contributed by atoms with E-state index in [2.05, 4.69) is 10.4 Å². The number of nitrogens with one attached hydrogen (secondary N) is 1. The van der Waals surface area contributed by atoms with Gasteiger partial charge in [-0.05, 0) is 0 Å². The van der Waals surface area contributed by atoms with Gasteiger partial charge in [-0.15, -0.1) is 0 Å². The lowest BCUT2D eigenvalue weighted by Crippen LogP contribution is -2.17. The van der Waals surface area contributed by atoms with Gasteiger partial charge in [0.15, 0.2) is 0 Å². The summed E-state index contributed by atoms with van der Waals surface area (Å²) in [7, 11) is 0. The Morgan fingerprint density at radius 3 is 3.33 bits per heavy atom. The monoisotopic (exact) mass is 165 g/mol. The number of aliphatic carboxylic acids is 1. The molecule has 0 fully saturated rings. The fourth-order valence-corrected chi connectivity index (χ4v) is 1.08. The predicted octanol–water partition coefficient (Wildman–Crippen LogP) is 0.277. The maximum Gasteiger partial charge on any atom is 0.334 e. The number of fused-ring (bicyclic) bond motifs is 1. The average Bonchev–Trinajstić information content (AvgIpc) is 2.49. The van der Waals surface area contributed by atoms with Crippen LogP contribution in [0.15, 0.2) is 24.0 Å². The molecule has 0 aromatic carbocycles. The van der Waals surface area contributed by atoms with E-state index in [4.69, 9.17) is 5.11 Å². The maximum absolute atomic E-state index is 10.5. The lowest BCUT2D eigenvalue weighted by atomic mass is 10.2. The van der Waals surface area contributed by atoms with Crippen molar-refractivity contribution in [3.63, 3.8) is 0 Å². The number of carbonyl (C=O) groups is 1. The molecule has 0 saturated carbocycles. The molecule has 0 radical (unpaired) electrons. The lowest BCUT2D eigenvalue weighted by Gasteiger charge is -2.13. The minimum absolute atomic E-state index is 0.311. The molecule has 1 aromatic rings. The van der Waals surface area contributed by atoms with Gasteiger partial charge in [0, 0.05) is 12.3 Å². The van der Waals surface area contributed by atoms with Gasteiger partial charge in [0.05, 0.1) is 18.3 Å². The van der Waals surface area contributed by atoms with Crippen LogP contribution in [0, 0.1) is 0 Å². The summed E-state index contributed by atoms with van der Waals surface area (Å²) in [5.74, 6) is -0.0938. The SMILES string of the molecule is O=C(O)C1=CNc2ccnn2C1. The number of anilines is 1. The zero-order valence-corrected chi connectivity index (χ0v) is 6.19. The third-order valence-electron chi connectivity index (χ3n) is 1.71. The maximum atomic E-state index is 10.5. The van der Waals surface area contributed by atoms with Crippen LogP contribution in [0.5, 0.6) is 0 Å². The Hall–Kier alpha value is -1.78. The van der Waals surface area contributed by atoms with E-state index in [0.29, 0.717) is 12.1 Å². The summed E-state index contributed by atoms with van der Waals surface area (Å²) < 4.78 is 1.60. The highest BCUT2D eigenvalue weighted by atomic mass is 16.4. The Bertz CT molecular complexity index is 353. The Kier molecular flexibility index (Phi) is 1.36. The second-order valence-corrected chi connectivity index (χ2v) is 2.49. The standard InChI is InChI=1S/C7H7N3O2/c11-7(12)5-3-8-6-1-2-9-10(6)4-5/h1-3,8H,4H2,(H,11,12). The molecule has 1 aromatic heterocycles. The minimum atomic E-state index is -0.913. The molecule has 12 heavy (non-hydrogen) atoms. The van der Waals surface area contributed by atoms with Crippen molar-refractivity contribution in [3.05, 3.63) is 24.0 Å². The fraction of sp³-hybridized carbons (Fsp3) is 0.143. The van der Waals surface area contributed by atoms with Gasteiger partial charge >= 0.3 is 5.97 Å². The Labute approximate surface area is 68.3 Å². The molecule has 1 aliphatic heterocycles. The molecule has 0 amide bonds. The number of aromatic nitrogens is 2. The molecule has 2 heterocycles. The average molecular weight is 165 g/mol. The van der Waals surface area contributed by atoms with Crippen molar-refractivity contribution in [1.82, 2.24) is 9.78 Å². The lowest BCUT2D eigenvalue weighted by molar-refractivity contribution is -0.132. The first-order valence-corrected chi connectivity index (χ1v) is 3.48. The first-order chi connectivity index (χ1) is 5.77. The van der Waals surface area contributed by atoms with Crippen molar-refractivity contribution in [2.75, 3.05) is 5.32 Å². The summed E-state index contributed by atoms with van der Waals surface area (Å²) in [4.78, 5) is 10.5. The Morgan fingerprint density at radius 2 is 2.58 bits per heavy atom. The highest BCUT2D eigenvalue weighted by Crippen LogP contribution is 2.14. The van der Waals surface area contributed by atoms with E-state index in [9.17, 15) is 4.79 Å². The van der Waals surface area contributed by atoms with E-state index in [0.717, 1.165) is 5.82 Å². The van der Waals surface area contributed by atoms with Gasteiger partial charge in [-0.3, -0.25) is 0 Å². The van der Waals surface area contributed by atoms with Crippen molar-refractivity contribution in [1.29, 1.82) is 0 Å². The minimum Gasteiger partial charge on any atom is -0.478 e. The second-order valence-electron chi connectivity index (χ2n) is 2.49. The van der Waals surface area contributed by atoms with Crippen LogP contribution < -0.4 is 5.32 Å². The molecule has 2 rings (SSSR count). The Morgan fingerprint density at radius 1 is 1.75 bits per heavy atom. The van der Waals surface area contributed by atoms with Crippen molar-refractivity contribution >= 4 is 11.8 Å². The molecule has 0 atom stereocenters. The van der Waals surface area contributed by atoms with Crippen LogP contribution in [0.1, 0.15) is 0 Å². The molecule has 2 N–H and O–H groups in total. The zero-order chi connectivity index (χ0) is 8.55. The summed E-state index contributed by atoms with van der Waals surface area (Å²) in [6, 6.07) is 1.79. The molecule has 62 valence electrons. The summed E-state index contributed by atoms with van der Waals surface area (Å²) in [6.07, 6.45) is 3.11. The molecule has 5 nitrogen and oxygen atoms in total. The van der Waals surface area contributed by atoms with E-state index < -0.39 is 5.97 Å². The number of hydrogen-bond acceptors (Lipinski definition) is 3. The number of nitrogens with zero attached hydrogens (tertiary/aromatic N) is 2. The van der Waals surface area contributed by atoms with Crippen LogP contribution in [0.2, 0.25) is 0 Å². The molecule has 0 unspecified atom stereocenters. The number of carboxylic acid groups (broad SMARTS) is 1. The van der Waals surface area contributed by atoms with Crippen molar-refractivity contribution in [2.24, 2.45) is 0 Å². The summed E-state index contributed by atoms with van der Waals surface area (Å²) in [5.41, 5.74) is 0.311. The third-order valence-corrected chi connectivity index (χ3v) is 1.71. The molecule has 0 bridgehead atoms. The van der Waals surface area contributed by atoms with E-state index in [1.54, 1.807) is 16.9 Å². The second kappa shape index (κ2) is 2.37. The van der Waals surface area contributed by atoms with Crippen LogP contribution in [-0.2, 0) is 11.3 Å². The fourth-order valence-electron chi connectivity index (χ4n) is 1.08. The summed E-state index contributed by atoms with van der Waals surface area (Å²) >= 11 is 0. The number of rotatable bonds is 1. The van der Waals surface area contributed by atoms with Gasteiger partial charge in [-0.25, -0.2) is 9.48 Å². The topological polar surface area (TPSA) is 67.2 Å². The van der Waals surface area contributed by atoms with Gasteiger partial charge in [0.25, 0.3) is 0 Å². The summed E-state index contributed by atoms with van der Waals surface area (Å²) in [5, 5.41) is 15.4. The molecule has 0 saturated heterocycles. The van der Waals surface area contributed by atoms with E-state index in [-0.39, 0.29) is 0 Å². The highest BCUT2D eigenvalue weighted by molar-refractivity contribution is 5.87. The molecule has 0 aliphatic carbocycles. The smallest absolute Gasteiger partial charge is 0.334 e. The van der Waals surface area contributed by atoms with E-state index in [1.165, 1.54) is 6.20 Å². The van der Waals surface area contributed by atoms with Crippen LogP contribution in [0.25, 0.3) is 0 Å². The van der Waals surface area contributed by atoms with Crippen LogP contribution >= 0.6 is 0 Å². The van der Waals surface area contributed by atoms with Crippen LogP contribution in [-0.4, -0.2) is 20.9 Å². The van der Waals surface area contributed by atoms with E-state index in [1.807, 2.05) is 0 Å². The predicted molar refractivity (Wildman–Crippen MR) is 41.6 cm³/mol. The number of hydrogen-bond donors (Lipinski definition) is 2. The van der Waals surface area contributed by atoms with Crippen molar-refractivity contribution < 1.29 is 9.90 Å². The largest absolute Gasteiger partial charge is 0.478 e.